The molecular weight excluding hydrogens is 392 g/mol. The van der Waals surface area contributed by atoms with Crippen LogP contribution in [0.4, 0.5) is 5.82 Å². The average molecular weight is 419 g/mol. The summed E-state index contributed by atoms with van der Waals surface area (Å²) in [6.45, 7) is 4.61. The number of amides is 1. The van der Waals surface area contributed by atoms with Gasteiger partial charge in [0.05, 0.1) is 12.2 Å². The monoisotopic (exact) mass is 418 g/mol. The first kappa shape index (κ1) is 20.7. The molecule has 1 aliphatic rings. The van der Waals surface area contributed by atoms with E-state index in [9.17, 15) is 9.59 Å². The molecule has 31 heavy (non-hydrogen) atoms. The van der Waals surface area contributed by atoms with Crippen molar-refractivity contribution < 1.29 is 4.79 Å². The summed E-state index contributed by atoms with van der Waals surface area (Å²) in [6.07, 6.45) is 1.68. The Bertz CT molecular complexity index is 1050. The normalized spacial score (nSPS) is 14.4. The fraction of sp³-hybridized carbons (Fsp3) is 0.304. The van der Waals surface area contributed by atoms with Crippen molar-refractivity contribution in [3.63, 3.8) is 0 Å². The predicted molar refractivity (Wildman–Crippen MR) is 119 cm³/mol. The van der Waals surface area contributed by atoms with E-state index in [1.165, 1.54) is 16.3 Å². The maximum atomic E-state index is 12.3. The topological polar surface area (TPSA) is 83.4 Å². The molecule has 160 valence electrons. The van der Waals surface area contributed by atoms with Crippen molar-refractivity contribution in [2.75, 3.05) is 31.1 Å². The van der Waals surface area contributed by atoms with Gasteiger partial charge in [-0.05, 0) is 23.8 Å². The molecule has 3 heterocycles. The number of nitrogens with zero attached hydrogens (tertiary/aromatic N) is 5. The number of nitrogens with one attached hydrogen (secondary N) is 1. The number of hydrogen-bond acceptors (Lipinski definition) is 6. The summed E-state index contributed by atoms with van der Waals surface area (Å²) in [5, 5.41) is 7.22. The lowest BCUT2D eigenvalue weighted by atomic mass is 10.2. The smallest absolute Gasteiger partial charge is 0.267 e. The maximum absolute atomic E-state index is 12.3. The van der Waals surface area contributed by atoms with Crippen molar-refractivity contribution in [1.82, 2.24) is 25.0 Å². The lowest BCUT2D eigenvalue weighted by Gasteiger charge is -2.35. The van der Waals surface area contributed by atoms with E-state index in [2.05, 4.69) is 49.5 Å². The van der Waals surface area contributed by atoms with E-state index in [4.69, 9.17) is 0 Å². The van der Waals surface area contributed by atoms with Crippen LogP contribution in [0.5, 0.6) is 0 Å². The Hall–Kier alpha value is -3.52. The first-order chi connectivity index (χ1) is 15.2. The number of carbonyl (C=O) groups is 1. The van der Waals surface area contributed by atoms with Crippen LogP contribution < -0.4 is 15.8 Å². The van der Waals surface area contributed by atoms with Gasteiger partial charge >= 0.3 is 0 Å². The van der Waals surface area contributed by atoms with Gasteiger partial charge < -0.3 is 10.2 Å². The summed E-state index contributed by atoms with van der Waals surface area (Å²) >= 11 is 0. The van der Waals surface area contributed by atoms with Gasteiger partial charge in [0.1, 0.15) is 12.4 Å². The first-order valence-electron chi connectivity index (χ1n) is 10.4. The van der Waals surface area contributed by atoms with Crippen molar-refractivity contribution in [1.29, 1.82) is 0 Å². The second kappa shape index (κ2) is 9.99. The van der Waals surface area contributed by atoms with E-state index < -0.39 is 0 Å². The zero-order chi connectivity index (χ0) is 21.5. The molecule has 4 rings (SSSR count). The van der Waals surface area contributed by atoms with E-state index >= 15 is 0 Å². The molecule has 8 heteroatoms. The highest BCUT2D eigenvalue weighted by atomic mass is 16.2. The highest BCUT2D eigenvalue weighted by Crippen LogP contribution is 2.13. The standard InChI is InChI=1S/C23H26N6O2/c30-22(25-16-20-8-4-5-11-24-20)18-29-23(31)10-9-21(26-29)28-14-12-27(13-15-28)17-19-6-2-1-3-7-19/h1-11H,12-18H2,(H,25,30). The molecule has 0 saturated carbocycles. The third kappa shape index (κ3) is 5.76. The molecule has 1 aliphatic heterocycles. The largest absolute Gasteiger partial charge is 0.353 e. The number of rotatable bonds is 7. The molecule has 1 aromatic carbocycles. The van der Waals surface area contributed by atoms with E-state index in [0.29, 0.717) is 6.54 Å². The molecule has 1 saturated heterocycles. The van der Waals surface area contributed by atoms with E-state index in [-0.39, 0.29) is 18.0 Å². The lowest BCUT2D eigenvalue weighted by molar-refractivity contribution is -0.122. The van der Waals surface area contributed by atoms with Crippen LogP contribution in [-0.2, 0) is 24.4 Å². The van der Waals surface area contributed by atoms with Crippen LogP contribution in [-0.4, -0.2) is 51.8 Å². The molecule has 2 aromatic heterocycles. The zero-order valence-electron chi connectivity index (χ0n) is 17.4. The van der Waals surface area contributed by atoms with E-state index in [0.717, 1.165) is 44.2 Å². The molecule has 3 aromatic rings. The number of hydrogen-bond donors (Lipinski definition) is 1. The van der Waals surface area contributed by atoms with Gasteiger partial charge in [0, 0.05) is 45.0 Å². The van der Waals surface area contributed by atoms with Gasteiger partial charge in [-0.3, -0.25) is 19.5 Å². The first-order valence-corrected chi connectivity index (χ1v) is 10.4. The fourth-order valence-corrected chi connectivity index (χ4v) is 3.58. The Kier molecular flexibility index (Phi) is 6.68. The zero-order valence-corrected chi connectivity index (χ0v) is 17.4. The minimum Gasteiger partial charge on any atom is -0.353 e. The molecule has 1 amide bonds. The summed E-state index contributed by atoms with van der Waals surface area (Å²) < 4.78 is 1.22. The van der Waals surface area contributed by atoms with Crippen molar-refractivity contribution >= 4 is 11.7 Å². The van der Waals surface area contributed by atoms with E-state index in [1.807, 2.05) is 24.3 Å². The number of carbonyl (C=O) groups excluding carboxylic acids is 1. The maximum Gasteiger partial charge on any atom is 0.267 e. The Balaban J connectivity index is 1.32. The van der Waals surface area contributed by atoms with Crippen LogP contribution in [0.25, 0.3) is 0 Å². The number of piperazine rings is 1. The Morgan fingerprint density at radius 1 is 0.935 bits per heavy atom. The molecule has 0 spiro atoms. The summed E-state index contributed by atoms with van der Waals surface area (Å²) in [4.78, 5) is 33.2. The average Bonchev–Trinajstić information content (AvgIpc) is 2.81. The van der Waals surface area contributed by atoms with Gasteiger partial charge in [0.25, 0.3) is 5.56 Å². The van der Waals surface area contributed by atoms with Crippen molar-refractivity contribution in [2.24, 2.45) is 0 Å². The molecule has 0 unspecified atom stereocenters. The van der Waals surface area contributed by atoms with Gasteiger partial charge in [-0.1, -0.05) is 36.4 Å². The summed E-state index contributed by atoms with van der Waals surface area (Å²) in [5.41, 5.74) is 1.78. The van der Waals surface area contributed by atoms with Gasteiger partial charge in [0.2, 0.25) is 5.91 Å². The summed E-state index contributed by atoms with van der Waals surface area (Å²) in [5.74, 6) is 0.446. The SMILES string of the molecule is O=C(Cn1nc(N2CCN(Cc3ccccc3)CC2)ccc1=O)NCc1ccccn1. The van der Waals surface area contributed by atoms with Crippen LogP contribution in [0, 0.1) is 0 Å². The van der Waals surface area contributed by atoms with Crippen LogP contribution in [0.1, 0.15) is 11.3 Å². The Morgan fingerprint density at radius 3 is 2.45 bits per heavy atom. The molecule has 0 atom stereocenters. The number of anilines is 1. The number of aromatic nitrogens is 3. The second-order valence-corrected chi connectivity index (χ2v) is 7.53. The molecule has 1 N–H and O–H groups in total. The molecule has 8 nitrogen and oxygen atoms in total. The van der Waals surface area contributed by atoms with Gasteiger partial charge in [-0.2, -0.15) is 5.10 Å². The fourth-order valence-electron chi connectivity index (χ4n) is 3.58. The molecule has 1 fully saturated rings. The van der Waals surface area contributed by atoms with Gasteiger partial charge in [-0.15, -0.1) is 0 Å². The molecular formula is C23H26N6O2. The van der Waals surface area contributed by atoms with Crippen molar-refractivity contribution in [3.05, 3.63) is 88.5 Å². The van der Waals surface area contributed by atoms with Gasteiger partial charge in [0.15, 0.2) is 0 Å². The van der Waals surface area contributed by atoms with Crippen LogP contribution >= 0.6 is 0 Å². The Morgan fingerprint density at radius 2 is 1.71 bits per heavy atom. The minimum absolute atomic E-state index is 0.118. The summed E-state index contributed by atoms with van der Waals surface area (Å²) in [7, 11) is 0. The van der Waals surface area contributed by atoms with E-state index in [1.54, 1.807) is 12.3 Å². The highest BCUT2D eigenvalue weighted by molar-refractivity contribution is 5.75. The van der Waals surface area contributed by atoms with Gasteiger partial charge in [-0.25, -0.2) is 4.68 Å². The van der Waals surface area contributed by atoms with Crippen LogP contribution in [0.15, 0.2) is 71.7 Å². The number of pyridine rings is 1. The molecule has 0 bridgehead atoms. The minimum atomic E-state index is -0.292. The number of benzene rings is 1. The second-order valence-electron chi connectivity index (χ2n) is 7.53. The van der Waals surface area contributed by atoms with Crippen LogP contribution in [0.2, 0.25) is 0 Å². The molecule has 0 aliphatic carbocycles. The van der Waals surface area contributed by atoms with Crippen LogP contribution in [0.3, 0.4) is 0 Å². The quantitative estimate of drug-likeness (QED) is 0.622. The summed E-state index contributed by atoms with van der Waals surface area (Å²) in [6, 6.07) is 19.2. The predicted octanol–water partition coefficient (Wildman–Crippen LogP) is 1.28. The third-order valence-electron chi connectivity index (χ3n) is 5.28. The Labute approximate surface area is 181 Å². The third-order valence-corrected chi connectivity index (χ3v) is 5.28. The molecule has 0 radical (unpaired) electrons. The highest BCUT2D eigenvalue weighted by Gasteiger charge is 2.19. The van der Waals surface area contributed by atoms with Crippen molar-refractivity contribution in [2.45, 2.75) is 19.6 Å². The lowest BCUT2D eigenvalue weighted by Crippen LogP contribution is -2.46. The van der Waals surface area contributed by atoms with Crippen molar-refractivity contribution in [3.8, 4) is 0 Å².